The predicted octanol–water partition coefficient (Wildman–Crippen LogP) is -0.0386. The third-order valence-corrected chi connectivity index (χ3v) is 3.55. The molecule has 1 aromatic carbocycles. The van der Waals surface area contributed by atoms with E-state index in [1.165, 1.54) is 0 Å². The second-order valence-electron chi connectivity index (χ2n) is 3.58. The Kier molecular flexibility index (Phi) is 4.78. The van der Waals surface area contributed by atoms with E-state index in [1.54, 1.807) is 6.92 Å². The van der Waals surface area contributed by atoms with Gasteiger partial charge in [-0.15, -0.1) is 0 Å². The van der Waals surface area contributed by atoms with Crippen molar-refractivity contribution < 1.29 is 22.0 Å². The van der Waals surface area contributed by atoms with Gasteiger partial charge in [-0.25, -0.2) is 21.9 Å². The number of halogens is 2. The topological polar surface area (TPSA) is 101 Å². The van der Waals surface area contributed by atoms with Crippen molar-refractivity contribution in [1.29, 1.82) is 0 Å². The Bertz CT molecular complexity index is 590. The SMILES string of the molecule is CCNC(=O)CNS(=O)(=O)c1cc(N)c(F)cc1F. The average Bonchev–Trinajstić information content (AvgIpc) is 2.31. The van der Waals surface area contributed by atoms with Crippen molar-refractivity contribution in [2.24, 2.45) is 0 Å². The number of carbonyl (C=O) groups is 1. The molecule has 1 aromatic rings. The molecule has 0 bridgehead atoms. The number of benzene rings is 1. The lowest BCUT2D eigenvalue weighted by Crippen LogP contribution is -2.37. The zero-order valence-corrected chi connectivity index (χ0v) is 10.9. The summed E-state index contributed by atoms with van der Waals surface area (Å²) in [7, 11) is -4.28. The fourth-order valence-corrected chi connectivity index (χ4v) is 2.32. The Morgan fingerprint density at radius 2 is 1.95 bits per heavy atom. The molecule has 6 nitrogen and oxygen atoms in total. The van der Waals surface area contributed by atoms with E-state index in [1.807, 2.05) is 4.72 Å². The van der Waals surface area contributed by atoms with E-state index in [0.29, 0.717) is 18.7 Å². The molecule has 0 aliphatic carbocycles. The highest BCUT2D eigenvalue weighted by atomic mass is 32.2. The lowest BCUT2D eigenvalue weighted by Gasteiger charge is -2.08. The molecule has 0 aliphatic rings. The number of hydrogen-bond donors (Lipinski definition) is 3. The number of sulfonamides is 1. The average molecular weight is 293 g/mol. The van der Waals surface area contributed by atoms with Crippen LogP contribution in [0.4, 0.5) is 14.5 Å². The van der Waals surface area contributed by atoms with Crippen molar-refractivity contribution >= 4 is 21.6 Å². The van der Waals surface area contributed by atoms with E-state index in [4.69, 9.17) is 5.73 Å². The van der Waals surface area contributed by atoms with E-state index in [-0.39, 0.29) is 0 Å². The summed E-state index contributed by atoms with van der Waals surface area (Å²) in [5.74, 6) is -2.91. The molecule has 0 saturated carbocycles. The van der Waals surface area contributed by atoms with Gasteiger partial charge in [-0.3, -0.25) is 4.79 Å². The highest BCUT2D eigenvalue weighted by Gasteiger charge is 2.21. The Morgan fingerprint density at radius 3 is 2.53 bits per heavy atom. The number of carbonyl (C=O) groups excluding carboxylic acids is 1. The monoisotopic (exact) mass is 293 g/mol. The normalized spacial score (nSPS) is 11.3. The maximum atomic E-state index is 13.4. The van der Waals surface area contributed by atoms with Crippen molar-refractivity contribution in [2.75, 3.05) is 18.8 Å². The number of rotatable bonds is 5. The zero-order chi connectivity index (χ0) is 14.6. The fraction of sp³-hybridized carbons (Fsp3) is 0.300. The van der Waals surface area contributed by atoms with E-state index in [2.05, 4.69) is 5.32 Å². The second-order valence-corrected chi connectivity index (χ2v) is 5.32. The fourth-order valence-electron chi connectivity index (χ4n) is 1.25. The molecule has 0 radical (unpaired) electrons. The molecule has 9 heteroatoms. The van der Waals surface area contributed by atoms with Gasteiger partial charge < -0.3 is 11.1 Å². The van der Waals surface area contributed by atoms with E-state index in [0.717, 1.165) is 0 Å². The molecule has 0 fully saturated rings. The molecule has 0 atom stereocenters. The van der Waals surface area contributed by atoms with Crippen LogP contribution in [0.5, 0.6) is 0 Å². The molecule has 1 amide bonds. The molecule has 0 spiro atoms. The summed E-state index contributed by atoms with van der Waals surface area (Å²) in [6.45, 7) is 1.44. The number of hydrogen-bond acceptors (Lipinski definition) is 4. The van der Waals surface area contributed by atoms with Gasteiger partial charge in [-0.1, -0.05) is 0 Å². The third kappa shape index (κ3) is 3.86. The Morgan fingerprint density at radius 1 is 1.32 bits per heavy atom. The molecule has 1 rings (SSSR count). The van der Waals surface area contributed by atoms with Gasteiger partial charge in [0.15, 0.2) is 0 Å². The molecule has 4 N–H and O–H groups in total. The summed E-state index contributed by atoms with van der Waals surface area (Å²) < 4.78 is 51.6. The van der Waals surface area contributed by atoms with Gasteiger partial charge in [0.05, 0.1) is 12.2 Å². The molecule has 106 valence electrons. The number of nitrogens with two attached hydrogens (primary N) is 1. The largest absolute Gasteiger partial charge is 0.396 e. The van der Waals surface area contributed by atoms with Gasteiger partial charge in [0.1, 0.15) is 16.5 Å². The predicted molar refractivity (Wildman–Crippen MR) is 64.6 cm³/mol. The first-order valence-electron chi connectivity index (χ1n) is 5.28. The summed E-state index contributed by atoms with van der Waals surface area (Å²) in [4.78, 5) is 10.3. The first kappa shape index (κ1) is 15.3. The lowest BCUT2D eigenvalue weighted by atomic mass is 10.3. The van der Waals surface area contributed by atoms with Crippen LogP contribution in [-0.2, 0) is 14.8 Å². The van der Waals surface area contributed by atoms with Crippen LogP contribution in [-0.4, -0.2) is 27.4 Å². The van der Waals surface area contributed by atoms with Crippen molar-refractivity contribution in [3.63, 3.8) is 0 Å². The lowest BCUT2D eigenvalue weighted by molar-refractivity contribution is -0.119. The number of anilines is 1. The smallest absolute Gasteiger partial charge is 0.244 e. The highest BCUT2D eigenvalue weighted by Crippen LogP contribution is 2.20. The van der Waals surface area contributed by atoms with E-state index in [9.17, 15) is 22.0 Å². The molecular formula is C10H13F2N3O3S. The number of nitrogen functional groups attached to an aromatic ring is 1. The van der Waals surface area contributed by atoms with Crippen LogP contribution in [0.3, 0.4) is 0 Å². The minimum absolute atomic E-state index is 0.332. The number of nitrogens with one attached hydrogen (secondary N) is 2. The van der Waals surface area contributed by atoms with Crippen molar-refractivity contribution in [2.45, 2.75) is 11.8 Å². The standard InChI is InChI=1S/C10H13F2N3O3S/c1-2-14-10(16)5-15-19(17,18)9-4-8(13)6(11)3-7(9)12/h3-4,15H,2,5,13H2,1H3,(H,14,16). The van der Waals surface area contributed by atoms with Gasteiger partial charge in [-0.2, -0.15) is 0 Å². The maximum absolute atomic E-state index is 13.4. The van der Waals surface area contributed by atoms with Crippen LogP contribution < -0.4 is 15.8 Å². The molecule has 0 heterocycles. The van der Waals surface area contributed by atoms with Crippen LogP contribution in [0.25, 0.3) is 0 Å². The molecular weight excluding hydrogens is 280 g/mol. The van der Waals surface area contributed by atoms with Gasteiger partial charge in [-0.05, 0) is 13.0 Å². The summed E-state index contributed by atoms with van der Waals surface area (Å²) in [6, 6.07) is 1.03. The van der Waals surface area contributed by atoms with Crippen LogP contribution in [0, 0.1) is 11.6 Å². The van der Waals surface area contributed by atoms with Crippen LogP contribution >= 0.6 is 0 Å². The van der Waals surface area contributed by atoms with Gasteiger partial charge in [0, 0.05) is 12.6 Å². The first-order valence-corrected chi connectivity index (χ1v) is 6.77. The summed E-state index contributed by atoms with van der Waals surface area (Å²) in [6.07, 6.45) is 0. The summed E-state index contributed by atoms with van der Waals surface area (Å²) >= 11 is 0. The number of likely N-dealkylation sites (N-methyl/N-ethyl adjacent to an activating group) is 1. The zero-order valence-electron chi connectivity index (χ0n) is 10.0. The second kappa shape index (κ2) is 5.93. The number of amides is 1. The Hall–Kier alpha value is -1.74. The maximum Gasteiger partial charge on any atom is 0.244 e. The van der Waals surface area contributed by atoms with Crippen LogP contribution in [0.15, 0.2) is 17.0 Å². The Balaban J connectivity index is 2.95. The molecule has 0 saturated heterocycles. The van der Waals surface area contributed by atoms with E-state index >= 15 is 0 Å². The van der Waals surface area contributed by atoms with Crippen LogP contribution in [0.2, 0.25) is 0 Å². The van der Waals surface area contributed by atoms with Crippen molar-refractivity contribution in [3.8, 4) is 0 Å². The summed E-state index contributed by atoms with van der Waals surface area (Å²) in [5, 5.41) is 2.36. The Labute approximate surface area is 109 Å². The first-order chi connectivity index (χ1) is 8.77. The summed E-state index contributed by atoms with van der Waals surface area (Å²) in [5.41, 5.74) is 4.68. The van der Waals surface area contributed by atoms with E-state index < -0.39 is 44.7 Å². The molecule has 0 aromatic heterocycles. The third-order valence-electron chi connectivity index (χ3n) is 2.14. The quantitative estimate of drug-likeness (QED) is 0.663. The molecule has 0 unspecified atom stereocenters. The van der Waals surface area contributed by atoms with Gasteiger partial charge >= 0.3 is 0 Å². The van der Waals surface area contributed by atoms with Gasteiger partial charge in [0.2, 0.25) is 15.9 Å². The molecule has 0 aliphatic heterocycles. The van der Waals surface area contributed by atoms with Crippen LogP contribution in [0.1, 0.15) is 6.92 Å². The molecule has 19 heavy (non-hydrogen) atoms. The minimum atomic E-state index is -4.28. The van der Waals surface area contributed by atoms with Gasteiger partial charge in [0.25, 0.3) is 0 Å². The van der Waals surface area contributed by atoms with Crippen molar-refractivity contribution in [1.82, 2.24) is 10.0 Å². The van der Waals surface area contributed by atoms with Crippen molar-refractivity contribution in [3.05, 3.63) is 23.8 Å². The highest BCUT2D eigenvalue weighted by molar-refractivity contribution is 7.89. The minimum Gasteiger partial charge on any atom is -0.396 e.